The van der Waals surface area contributed by atoms with E-state index in [1.54, 1.807) is 0 Å². The van der Waals surface area contributed by atoms with Crippen LogP contribution < -0.4 is 0 Å². The summed E-state index contributed by atoms with van der Waals surface area (Å²) in [5, 5.41) is 0. The van der Waals surface area contributed by atoms with Gasteiger partial charge in [-0.2, -0.15) is 0 Å². The molecule has 2 fully saturated rings. The van der Waals surface area contributed by atoms with E-state index in [0.717, 1.165) is 5.92 Å². The Morgan fingerprint density at radius 2 is 1.82 bits per heavy atom. The zero-order valence-electron chi connectivity index (χ0n) is 11.3. The van der Waals surface area contributed by atoms with Crippen LogP contribution in [0.3, 0.4) is 0 Å². The van der Waals surface area contributed by atoms with Crippen molar-refractivity contribution in [1.82, 2.24) is 4.31 Å². The first-order valence-corrected chi connectivity index (χ1v) is 7.90. The molecule has 17 heavy (non-hydrogen) atoms. The van der Waals surface area contributed by atoms with Gasteiger partial charge in [0.15, 0.2) is 0 Å². The van der Waals surface area contributed by atoms with Gasteiger partial charge in [-0.3, -0.25) is 0 Å². The van der Waals surface area contributed by atoms with Gasteiger partial charge in [-0.25, -0.2) is 8.51 Å². The molecule has 2 nitrogen and oxygen atoms in total. The molecule has 1 saturated heterocycles. The summed E-state index contributed by atoms with van der Waals surface area (Å²) in [4.78, 5) is 0. The van der Waals surface area contributed by atoms with Crippen LogP contribution in [0.5, 0.6) is 0 Å². The van der Waals surface area contributed by atoms with Gasteiger partial charge in [0.05, 0.1) is 10.8 Å². The Kier molecular flexibility index (Phi) is 3.79. The van der Waals surface area contributed by atoms with Crippen molar-refractivity contribution >= 4 is 11.0 Å². The van der Waals surface area contributed by atoms with Gasteiger partial charge in [-0.05, 0) is 39.5 Å². The molecule has 1 saturated carbocycles. The van der Waals surface area contributed by atoms with Crippen LogP contribution in [-0.2, 0) is 11.0 Å². The molecule has 0 amide bonds. The first kappa shape index (κ1) is 13.3. The zero-order valence-corrected chi connectivity index (χ0v) is 12.1. The van der Waals surface area contributed by atoms with Crippen molar-refractivity contribution in [2.45, 2.75) is 69.7 Å². The fourth-order valence-electron chi connectivity index (χ4n) is 2.99. The Morgan fingerprint density at radius 3 is 2.29 bits per heavy atom. The Morgan fingerprint density at radius 1 is 1.24 bits per heavy atom. The van der Waals surface area contributed by atoms with Gasteiger partial charge < -0.3 is 0 Å². The lowest BCUT2D eigenvalue weighted by molar-refractivity contribution is 0.337. The first-order valence-electron chi connectivity index (χ1n) is 6.79. The van der Waals surface area contributed by atoms with E-state index in [1.165, 1.54) is 32.1 Å². The summed E-state index contributed by atoms with van der Waals surface area (Å²) >= 11 is 0. The summed E-state index contributed by atoms with van der Waals surface area (Å²) in [5.74, 6) is 0.748. The quantitative estimate of drug-likeness (QED) is 0.560. The highest BCUT2D eigenvalue weighted by molar-refractivity contribution is 7.84. The molecule has 4 atom stereocenters. The third-order valence-electron chi connectivity index (χ3n) is 3.94. The molecule has 0 aromatic rings. The number of rotatable bonds is 3. The van der Waals surface area contributed by atoms with Gasteiger partial charge in [0.25, 0.3) is 0 Å². The van der Waals surface area contributed by atoms with Crippen LogP contribution >= 0.6 is 0 Å². The van der Waals surface area contributed by atoms with Gasteiger partial charge in [-0.1, -0.05) is 25.3 Å². The van der Waals surface area contributed by atoms with Crippen LogP contribution in [0.1, 0.15) is 52.9 Å². The van der Waals surface area contributed by atoms with E-state index in [9.17, 15) is 4.21 Å². The molecule has 3 heteroatoms. The van der Waals surface area contributed by atoms with Crippen molar-refractivity contribution in [2.24, 2.45) is 5.92 Å². The Bertz CT molecular complexity index is 315. The highest BCUT2D eigenvalue weighted by atomic mass is 32.2. The molecule has 98 valence electrons. The smallest absolute Gasteiger partial charge is 0.101 e. The van der Waals surface area contributed by atoms with Crippen LogP contribution in [-0.4, -0.2) is 25.3 Å². The summed E-state index contributed by atoms with van der Waals surface area (Å²) < 4.78 is 14.5. The van der Waals surface area contributed by atoms with Gasteiger partial charge >= 0.3 is 0 Å². The van der Waals surface area contributed by atoms with Gasteiger partial charge in [-0.15, -0.1) is 6.58 Å². The average Bonchev–Trinajstić information content (AvgIpc) is 3.02. The van der Waals surface area contributed by atoms with Crippen LogP contribution in [0.25, 0.3) is 0 Å². The summed E-state index contributed by atoms with van der Waals surface area (Å²) in [7, 11) is -0.878. The van der Waals surface area contributed by atoms with Crippen LogP contribution in [0.15, 0.2) is 12.7 Å². The molecule has 1 unspecified atom stereocenters. The molecule has 0 aromatic carbocycles. The second kappa shape index (κ2) is 4.85. The molecule has 1 aliphatic carbocycles. The third kappa shape index (κ3) is 2.65. The Hall–Kier alpha value is -0.150. The van der Waals surface area contributed by atoms with E-state index >= 15 is 0 Å². The number of hydrogen-bond donors (Lipinski definition) is 0. The van der Waals surface area contributed by atoms with Crippen LogP contribution in [0.4, 0.5) is 0 Å². The van der Waals surface area contributed by atoms with E-state index < -0.39 is 11.0 Å². The summed E-state index contributed by atoms with van der Waals surface area (Å²) in [5.41, 5.74) is 0. The molecule has 1 aliphatic heterocycles. The largest absolute Gasteiger partial charge is 0.242 e. The normalized spacial score (nSPS) is 36.5. The monoisotopic (exact) mass is 255 g/mol. The fourth-order valence-corrected chi connectivity index (χ4v) is 4.52. The summed E-state index contributed by atoms with van der Waals surface area (Å²) in [6.45, 7) is 10.1. The lowest BCUT2D eigenvalue weighted by Crippen LogP contribution is -2.30. The maximum Gasteiger partial charge on any atom is 0.101 e. The molecule has 0 spiro atoms. The third-order valence-corrected chi connectivity index (χ3v) is 5.86. The minimum Gasteiger partial charge on any atom is -0.242 e. The van der Waals surface area contributed by atoms with Gasteiger partial charge in [0.2, 0.25) is 0 Å². The van der Waals surface area contributed by atoms with Gasteiger partial charge in [0.1, 0.15) is 11.0 Å². The Balaban J connectivity index is 2.04. The molecule has 0 aromatic heterocycles. The van der Waals surface area contributed by atoms with E-state index in [4.69, 9.17) is 0 Å². The van der Waals surface area contributed by atoms with Gasteiger partial charge in [0, 0.05) is 6.04 Å². The fraction of sp³-hybridized carbons (Fsp3) is 0.857. The average molecular weight is 255 g/mol. The van der Waals surface area contributed by atoms with E-state index in [0.29, 0.717) is 12.1 Å². The van der Waals surface area contributed by atoms with Crippen molar-refractivity contribution in [3.63, 3.8) is 0 Å². The number of hydrogen-bond acceptors (Lipinski definition) is 1. The lowest BCUT2D eigenvalue weighted by Gasteiger charge is -2.23. The number of nitrogens with zero attached hydrogens (tertiary/aromatic N) is 1. The SMILES string of the molecule is C=C[C@H]1[C@@H](C2CCCCC2)N1[S@](=O)C(C)(C)C. The van der Waals surface area contributed by atoms with Crippen molar-refractivity contribution in [3.05, 3.63) is 12.7 Å². The highest BCUT2D eigenvalue weighted by Crippen LogP contribution is 2.44. The van der Waals surface area contributed by atoms with E-state index in [-0.39, 0.29) is 4.75 Å². The molecule has 2 rings (SSSR count). The molecular weight excluding hydrogens is 230 g/mol. The molecular formula is C14H25NOS. The second-order valence-electron chi connectivity index (χ2n) is 6.34. The predicted octanol–water partition coefficient (Wildman–Crippen LogP) is 3.27. The topological polar surface area (TPSA) is 20.1 Å². The summed E-state index contributed by atoms with van der Waals surface area (Å²) in [6.07, 6.45) is 8.69. The summed E-state index contributed by atoms with van der Waals surface area (Å²) in [6, 6.07) is 0.867. The Labute approximate surface area is 108 Å². The maximum absolute atomic E-state index is 12.4. The standard InChI is InChI=1S/C14H25NOS/c1-5-12-13(11-9-7-6-8-10-11)15(12)17(16)14(2,3)4/h5,11-13H,1,6-10H2,2-4H3/t12-,13+,15?,17+/m0/s1. The second-order valence-corrected chi connectivity index (χ2v) is 8.48. The first-order chi connectivity index (χ1) is 7.96. The molecule has 0 radical (unpaired) electrons. The molecule has 0 bridgehead atoms. The molecule has 1 heterocycles. The van der Waals surface area contributed by atoms with Crippen molar-refractivity contribution in [1.29, 1.82) is 0 Å². The zero-order chi connectivity index (χ0) is 12.6. The van der Waals surface area contributed by atoms with Crippen molar-refractivity contribution in [2.75, 3.05) is 0 Å². The highest BCUT2D eigenvalue weighted by Gasteiger charge is 2.55. The molecule has 2 aliphatic rings. The van der Waals surface area contributed by atoms with Crippen LogP contribution in [0.2, 0.25) is 0 Å². The van der Waals surface area contributed by atoms with Crippen molar-refractivity contribution in [3.8, 4) is 0 Å². The minimum absolute atomic E-state index is 0.148. The maximum atomic E-state index is 12.4. The van der Waals surface area contributed by atoms with E-state index in [1.807, 2.05) is 6.08 Å². The minimum atomic E-state index is -0.878. The van der Waals surface area contributed by atoms with Crippen LogP contribution in [0, 0.1) is 5.92 Å². The lowest BCUT2D eigenvalue weighted by atomic mass is 9.86. The molecule has 0 N–H and O–H groups in total. The van der Waals surface area contributed by atoms with Crippen molar-refractivity contribution < 1.29 is 4.21 Å². The van der Waals surface area contributed by atoms with E-state index in [2.05, 4.69) is 31.7 Å². The predicted molar refractivity (Wildman–Crippen MR) is 74.1 cm³/mol.